The van der Waals surface area contributed by atoms with Crippen LogP contribution in [0.5, 0.6) is 0 Å². The van der Waals surface area contributed by atoms with Gasteiger partial charge in [0.1, 0.15) is 0 Å². The van der Waals surface area contributed by atoms with Crippen LogP contribution in [0.15, 0.2) is 30.3 Å². The third-order valence-electron chi connectivity index (χ3n) is 4.91. The fourth-order valence-electron chi connectivity index (χ4n) is 3.61. The van der Waals surface area contributed by atoms with Crippen LogP contribution in [-0.4, -0.2) is 35.2 Å². The Hall–Kier alpha value is -0.710. The molecule has 1 saturated heterocycles. The molecule has 1 heterocycles. The summed E-state index contributed by atoms with van der Waals surface area (Å²) in [4.78, 5) is 14.6. The van der Waals surface area contributed by atoms with Gasteiger partial charge in [-0.25, -0.2) is 0 Å². The van der Waals surface area contributed by atoms with Crippen molar-refractivity contribution in [1.29, 1.82) is 0 Å². The number of nitrogens with zero attached hydrogens (tertiary/aromatic N) is 1. The molecule has 0 bridgehead atoms. The van der Waals surface area contributed by atoms with Crippen molar-refractivity contribution < 1.29 is 4.79 Å². The molecule has 2 fully saturated rings. The number of benzene rings is 1. The maximum Gasteiger partial charge on any atom is 0.235 e. The standard InChI is InChI=1S/C17H24N2OS.ClH/c1-12(21-11-13-5-3-2-4-6-13)17(20)19-9-14-7-8-16(18)15(14)10-19;/h2-6,12,14-16H,7-11,18H2,1H3;1H. The van der Waals surface area contributed by atoms with E-state index in [1.54, 1.807) is 11.8 Å². The Morgan fingerprint density at radius 3 is 2.73 bits per heavy atom. The largest absolute Gasteiger partial charge is 0.341 e. The van der Waals surface area contributed by atoms with Crippen LogP contribution in [0.4, 0.5) is 0 Å². The van der Waals surface area contributed by atoms with Gasteiger partial charge in [0.2, 0.25) is 5.91 Å². The van der Waals surface area contributed by atoms with Crippen molar-refractivity contribution in [2.24, 2.45) is 17.6 Å². The van der Waals surface area contributed by atoms with E-state index < -0.39 is 0 Å². The third kappa shape index (κ3) is 3.79. The maximum absolute atomic E-state index is 12.6. The molecule has 2 N–H and O–H groups in total. The second-order valence-corrected chi connectivity index (χ2v) is 7.68. The maximum atomic E-state index is 12.6. The van der Waals surface area contributed by atoms with Gasteiger partial charge >= 0.3 is 0 Å². The number of amides is 1. The fraction of sp³-hybridized carbons (Fsp3) is 0.588. The number of halogens is 1. The highest BCUT2D eigenvalue weighted by Crippen LogP contribution is 2.37. The first-order chi connectivity index (χ1) is 10.1. The molecule has 0 radical (unpaired) electrons. The number of thioether (sulfide) groups is 1. The predicted molar refractivity (Wildman–Crippen MR) is 95.2 cm³/mol. The van der Waals surface area contributed by atoms with Crippen LogP contribution in [0.25, 0.3) is 0 Å². The van der Waals surface area contributed by atoms with E-state index in [2.05, 4.69) is 17.0 Å². The minimum atomic E-state index is 0. The Kier molecular flexibility index (Phi) is 6.18. The van der Waals surface area contributed by atoms with Crippen LogP contribution >= 0.6 is 24.2 Å². The Labute approximate surface area is 143 Å². The quantitative estimate of drug-likeness (QED) is 0.916. The predicted octanol–water partition coefficient (Wildman–Crippen LogP) is 2.93. The molecule has 0 aromatic heterocycles. The molecule has 1 saturated carbocycles. The van der Waals surface area contributed by atoms with Gasteiger partial charge in [0.15, 0.2) is 0 Å². The summed E-state index contributed by atoms with van der Waals surface area (Å²) in [6.07, 6.45) is 2.33. The molecule has 5 heteroatoms. The van der Waals surface area contributed by atoms with E-state index in [-0.39, 0.29) is 23.6 Å². The first-order valence-electron chi connectivity index (χ1n) is 7.85. The minimum absolute atomic E-state index is 0. The molecule has 1 aliphatic heterocycles. The number of likely N-dealkylation sites (tertiary alicyclic amines) is 1. The first kappa shape index (κ1) is 17.6. The van der Waals surface area contributed by atoms with Gasteiger partial charge < -0.3 is 10.6 Å². The Balaban J connectivity index is 0.00000176. The summed E-state index contributed by atoms with van der Waals surface area (Å²) in [6.45, 7) is 3.83. The number of carbonyl (C=O) groups is 1. The van der Waals surface area contributed by atoms with Crippen molar-refractivity contribution in [2.75, 3.05) is 13.1 Å². The van der Waals surface area contributed by atoms with Crippen molar-refractivity contribution in [3.8, 4) is 0 Å². The van der Waals surface area contributed by atoms with Crippen LogP contribution in [-0.2, 0) is 10.5 Å². The number of hydrogen-bond donors (Lipinski definition) is 1. The lowest BCUT2D eigenvalue weighted by Crippen LogP contribution is -2.37. The lowest BCUT2D eigenvalue weighted by molar-refractivity contribution is -0.129. The number of nitrogens with two attached hydrogens (primary N) is 1. The van der Waals surface area contributed by atoms with Crippen molar-refractivity contribution in [1.82, 2.24) is 4.90 Å². The van der Waals surface area contributed by atoms with Crippen LogP contribution in [0.1, 0.15) is 25.3 Å². The molecule has 1 aromatic carbocycles. The van der Waals surface area contributed by atoms with E-state index in [4.69, 9.17) is 5.73 Å². The van der Waals surface area contributed by atoms with Gasteiger partial charge in [-0.3, -0.25) is 4.79 Å². The van der Waals surface area contributed by atoms with E-state index in [0.717, 1.165) is 25.3 Å². The smallest absolute Gasteiger partial charge is 0.235 e. The van der Waals surface area contributed by atoms with E-state index in [1.807, 2.05) is 25.1 Å². The van der Waals surface area contributed by atoms with Crippen LogP contribution in [0, 0.1) is 11.8 Å². The fourth-order valence-corrected chi connectivity index (χ4v) is 4.54. The van der Waals surface area contributed by atoms with Crippen LogP contribution in [0.3, 0.4) is 0 Å². The van der Waals surface area contributed by atoms with Gasteiger partial charge in [0, 0.05) is 24.9 Å². The monoisotopic (exact) mass is 340 g/mol. The zero-order chi connectivity index (χ0) is 14.8. The summed E-state index contributed by atoms with van der Waals surface area (Å²) < 4.78 is 0. The summed E-state index contributed by atoms with van der Waals surface area (Å²) in [5.41, 5.74) is 7.43. The molecule has 3 nitrogen and oxygen atoms in total. The molecule has 1 aliphatic carbocycles. The van der Waals surface area contributed by atoms with Gasteiger partial charge in [-0.15, -0.1) is 24.2 Å². The summed E-state index contributed by atoms with van der Waals surface area (Å²) in [7, 11) is 0. The van der Waals surface area contributed by atoms with Gasteiger partial charge in [-0.1, -0.05) is 30.3 Å². The van der Waals surface area contributed by atoms with Crippen LogP contribution < -0.4 is 5.73 Å². The topological polar surface area (TPSA) is 46.3 Å². The SMILES string of the molecule is CC(SCc1ccccc1)C(=O)N1CC2CCC(N)C2C1.Cl. The molecule has 122 valence electrons. The van der Waals surface area contributed by atoms with E-state index in [1.165, 1.54) is 12.0 Å². The molecule has 1 aromatic rings. The van der Waals surface area contributed by atoms with Gasteiger partial charge in [0.25, 0.3) is 0 Å². The second kappa shape index (κ2) is 7.71. The Morgan fingerprint density at radius 2 is 2.05 bits per heavy atom. The zero-order valence-electron chi connectivity index (χ0n) is 13.0. The summed E-state index contributed by atoms with van der Waals surface area (Å²) >= 11 is 1.73. The molecule has 4 unspecified atom stereocenters. The number of rotatable bonds is 4. The minimum Gasteiger partial charge on any atom is -0.341 e. The average molecular weight is 341 g/mol. The number of hydrogen-bond acceptors (Lipinski definition) is 3. The lowest BCUT2D eigenvalue weighted by atomic mass is 9.98. The van der Waals surface area contributed by atoms with Crippen molar-refractivity contribution >= 4 is 30.1 Å². The van der Waals surface area contributed by atoms with E-state index >= 15 is 0 Å². The molecular formula is C17H25ClN2OS. The molecule has 2 aliphatic rings. The van der Waals surface area contributed by atoms with E-state index in [9.17, 15) is 4.79 Å². The van der Waals surface area contributed by atoms with Crippen LogP contribution in [0.2, 0.25) is 0 Å². The summed E-state index contributed by atoms with van der Waals surface area (Å²) in [6, 6.07) is 10.7. The third-order valence-corrected chi connectivity index (χ3v) is 6.12. The Bertz CT molecular complexity index is 499. The number of fused-ring (bicyclic) bond motifs is 1. The van der Waals surface area contributed by atoms with Gasteiger partial charge in [0.05, 0.1) is 5.25 Å². The molecule has 1 amide bonds. The molecule has 22 heavy (non-hydrogen) atoms. The zero-order valence-corrected chi connectivity index (χ0v) is 14.6. The van der Waals surface area contributed by atoms with Gasteiger partial charge in [-0.2, -0.15) is 0 Å². The molecule has 0 spiro atoms. The highest BCUT2D eigenvalue weighted by molar-refractivity contribution is 7.99. The van der Waals surface area contributed by atoms with Gasteiger partial charge in [-0.05, 0) is 37.2 Å². The molecular weight excluding hydrogens is 316 g/mol. The summed E-state index contributed by atoms with van der Waals surface area (Å²) in [5.74, 6) is 2.38. The van der Waals surface area contributed by atoms with Crippen molar-refractivity contribution in [2.45, 2.75) is 36.8 Å². The molecule has 4 atom stereocenters. The first-order valence-corrected chi connectivity index (χ1v) is 8.90. The summed E-state index contributed by atoms with van der Waals surface area (Å²) in [5, 5.41) is 0.0280. The Morgan fingerprint density at radius 1 is 1.32 bits per heavy atom. The normalized spacial score (nSPS) is 28.1. The average Bonchev–Trinajstić information content (AvgIpc) is 3.07. The second-order valence-electron chi connectivity index (χ2n) is 6.35. The number of carbonyl (C=O) groups excluding carboxylic acids is 1. The van der Waals surface area contributed by atoms with Crippen molar-refractivity contribution in [3.05, 3.63) is 35.9 Å². The highest BCUT2D eigenvalue weighted by atomic mass is 35.5. The van der Waals surface area contributed by atoms with E-state index in [0.29, 0.717) is 17.9 Å². The highest BCUT2D eigenvalue weighted by Gasteiger charge is 2.43. The lowest BCUT2D eigenvalue weighted by Gasteiger charge is -2.22. The van der Waals surface area contributed by atoms with Crippen molar-refractivity contribution in [3.63, 3.8) is 0 Å². The molecule has 3 rings (SSSR count).